The van der Waals surface area contributed by atoms with Gasteiger partial charge in [-0.25, -0.2) is 14.8 Å². The van der Waals surface area contributed by atoms with E-state index in [1.165, 1.54) is 144 Å². The standard InChI is InChI=1S/C18H36N.C15H26O3.C14H15ClN2O.C12H18O3.C10H13NO2.C7H16N.C4H4N2O2/c1-5-13-19(14-7-6-8-15-19)16-12-18(4)11-9-10-17(2)3;1-3-5-6-7-13-12(8-9-14(13)16)11-15(17)18-10-4-2;1-10(2)14(18,12-7-16-9-17-8-12)11-3-5-13(15)6-4-11;1-2-3-4-5-10-9(8-12(14)15)6-7-11(10)13;1-8(2)13-10(12)11-9-6-4-3-5-7-9;1-8(2)6-4-3-5-7-8;7-3-1-2-4(8)6-5-3/h5,17-18H,1,6-16H2,2-4H3;12-13H,3-11H2,1-2H3;3-10,18H,1-2H3;3-4,9-10H,2,5-8H2,1H3,(H,14,15);3-8H,1-2H3,(H,11,12);3-7H2,1-2H3;1-2H,(H,5,7)(H,6,8)/q+1;;;;;+1;/b;;;4-3-;;;/t;12-,13-;;9-,10-;;;/m.1.1.../s1. The Kier molecular flexibility index (Phi) is 44.6. The van der Waals surface area contributed by atoms with Crippen LogP contribution in [-0.4, -0.2) is 135 Å². The van der Waals surface area contributed by atoms with Crippen LogP contribution in [0.2, 0.25) is 5.02 Å². The number of halogens is 1. The number of anilines is 1. The average Bonchev–Trinajstić information content (AvgIpc) is 1.55. The first-order chi connectivity index (χ1) is 47.1. The summed E-state index contributed by atoms with van der Waals surface area (Å²) in [5, 5.41) is 27.2. The Bertz CT molecular complexity index is 2960. The average molecular weight is 1400 g/mol. The van der Waals surface area contributed by atoms with Gasteiger partial charge in [0.15, 0.2) is 0 Å². The van der Waals surface area contributed by atoms with E-state index < -0.39 is 17.7 Å². The molecular formula is C80H128ClN7O11+2. The van der Waals surface area contributed by atoms with Gasteiger partial charge in [0.2, 0.25) is 0 Å². The Morgan fingerprint density at radius 3 is 1.78 bits per heavy atom. The Morgan fingerprint density at radius 2 is 1.28 bits per heavy atom. The summed E-state index contributed by atoms with van der Waals surface area (Å²) in [6.07, 6.45) is 35.0. The topological polar surface area (TPSA) is 248 Å². The summed E-state index contributed by atoms with van der Waals surface area (Å²) >= 11 is 5.88. The Balaban J connectivity index is 0.000000400. The van der Waals surface area contributed by atoms with E-state index >= 15 is 0 Å². The number of likely N-dealkylation sites (tertiary alicyclic amines) is 2. The highest BCUT2D eigenvalue weighted by Gasteiger charge is 2.38. The maximum absolute atomic E-state index is 11.8. The van der Waals surface area contributed by atoms with E-state index in [2.05, 4.69) is 79.9 Å². The maximum atomic E-state index is 11.8. The first-order valence-corrected chi connectivity index (χ1v) is 37.4. The molecule has 4 heterocycles. The van der Waals surface area contributed by atoms with Crippen molar-refractivity contribution in [2.24, 2.45) is 41.4 Å². The van der Waals surface area contributed by atoms with Gasteiger partial charge in [0.1, 0.15) is 23.5 Å². The number of rotatable bonds is 27. The lowest BCUT2D eigenvalue weighted by atomic mass is 9.79. The molecule has 19 heteroatoms. The van der Waals surface area contributed by atoms with Gasteiger partial charge in [0.05, 0.1) is 66.1 Å². The van der Waals surface area contributed by atoms with Gasteiger partial charge in [-0.15, -0.1) is 0 Å². The number of carbonyl (C=O) groups excluding carboxylic acids is 4. The van der Waals surface area contributed by atoms with E-state index in [1.54, 1.807) is 24.5 Å². The van der Waals surface area contributed by atoms with Gasteiger partial charge in [0, 0.05) is 78.3 Å². The summed E-state index contributed by atoms with van der Waals surface area (Å²) in [6, 6.07) is 18.7. The Morgan fingerprint density at radius 1 is 0.707 bits per heavy atom. The fraction of sp³-hybridized carbons (Fsp3) is 0.637. The van der Waals surface area contributed by atoms with Crippen molar-refractivity contribution in [3.8, 4) is 0 Å². The molecule has 2 aliphatic carbocycles. The first kappa shape index (κ1) is 88.5. The van der Waals surface area contributed by atoms with Gasteiger partial charge < -0.3 is 28.7 Å². The SMILES string of the molecule is C=CC[N+]1(CCC(C)CCCC(C)C)CCCCC1.CC(C)C(O)(c1ccc(Cl)cc1)c1cncnc1.CC(C)OC(=O)Nc1ccccc1.CC/C=C\C[C@H]1C(=O)CC[C@@H]1CC(=O)O.CCCCC[C@H]1C(=O)CC[C@@H]1CC(=O)OCCC.C[N+]1(C)CCCCC1.O=c1ccc(=O)[nH][nH]1. The lowest BCUT2D eigenvalue weighted by molar-refractivity contribution is -0.927. The molecule has 2 saturated carbocycles. The zero-order valence-electron chi connectivity index (χ0n) is 62.6. The number of carboxylic acids is 1. The Labute approximate surface area is 599 Å². The minimum absolute atomic E-state index is 0.00956. The lowest BCUT2D eigenvalue weighted by Crippen LogP contribution is -2.52. The molecule has 2 saturated heterocycles. The first-order valence-electron chi connectivity index (χ1n) is 37.0. The number of ketones is 2. The predicted molar refractivity (Wildman–Crippen MR) is 401 cm³/mol. The van der Waals surface area contributed by atoms with E-state index in [1.807, 2.05) is 96.2 Å². The molecule has 2 aromatic heterocycles. The number of piperidine rings is 2. The lowest BCUT2D eigenvalue weighted by Gasteiger charge is -2.41. The zero-order valence-corrected chi connectivity index (χ0v) is 63.3. The van der Waals surface area contributed by atoms with Crippen LogP contribution in [0.5, 0.6) is 0 Å². The molecule has 99 heavy (non-hydrogen) atoms. The van der Waals surface area contributed by atoms with Crippen LogP contribution in [0.25, 0.3) is 0 Å². The summed E-state index contributed by atoms with van der Waals surface area (Å²) < 4.78 is 12.6. The number of aliphatic carboxylic acids is 1. The van der Waals surface area contributed by atoms with Crippen LogP contribution in [0.4, 0.5) is 10.5 Å². The predicted octanol–water partition coefficient (Wildman–Crippen LogP) is 16.9. The number of aromatic amines is 2. The number of Topliss-reactive ketones (excluding diaryl/α,β-unsaturated/α-hetero) is 2. The number of esters is 1. The summed E-state index contributed by atoms with van der Waals surface area (Å²) in [6.45, 7) is 33.5. The van der Waals surface area contributed by atoms with E-state index in [4.69, 9.17) is 26.2 Å². The van der Waals surface area contributed by atoms with E-state index in [0.717, 1.165) is 61.6 Å². The second-order valence-electron chi connectivity index (χ2n) is 28.9. The highest BCUT2D eigenvalue weighted by atomic mass is 35.5. The normalized spacial score (nSPS) is 19.0. The van der Waals surface area contributed by atoms with Gasteiger partial charge >= 0.3 is 18.0 Å². The van der Waals surface area contributed by atoms with Gasteiger partial charge in [0.25, 0.3) is 11.1 Å². The molecule has 18 nitrogen and oxygen atoms in total. The Hall–Kier alpha value is -6.60. The molecule has 5 N–H and O–H groups in total. The molecule has 554 valence electrons. The number of aliphatic hydroxyl groups is 1. The molecule has 0 spiro atoms. The van der Waals surface area contributed by atoms with E-state index in [9.17, 15) is 38.7 Å². The molecule has 2 aliphatic heterocycles. The highest BCUT2D eigenvalue weighted by molar-refractivity contribution is 6.30. The molecule has 4 aliphatic rings. The van der Waals surface area contributed by atoms with E-state index in [-0.39, 0.29) is 65.0 Å². The number of allylic oxidation sites excluding steroid dienone is 2. The smallest absolute Gasteiger partial charge is 0.411 e. The van der Waals surface area contributed by atoms with Crippen LogP contribution in [0.15, 0.2) is 120 Å². The molecule has 0 bridgehead atoms. The van der Waals surface area contributed by atoms with Crippen molar-refractivity contribution < 1.29 is 52.6 Å². The number of hydrogen-bond donors (Lipinski definition) is 5. The number of hydrogen-bond acceptors (Lipinski definition) is 12. The fourth-order valence-corrected chi connectivity index (χ4v) is 13.1. The van der Waals surface area contributed by atoms with Crippen LogP contribution in [0.1, 0.15) is 228 Å². The van der Waals surface area contributed by atoms with Crippen molar-refractivity contribution in [2.45, 2.75) is 229 Å². The van der Waals surface area contributed by atoms with Gasteiger partial charge in [-0.1, -0.05) is 155 Å². The molecule has 0 radical (unpaired) electrons. The quantitative estimate of drug-likeness (QED) is 0.0162. The minimum Gasteiger partial charge on any atom is -0.481 e. The second-order valence-corrected chi connectivity index (χ2v) is 29.3. The zero-order chi connectivity index (χ0) is 73.7. The number of ether oxygens (including phenoxy) is 2. The van der Waals surface area contributed by atoms with Gasteiger partial charge in [-0.2, -0.15) is 0 Å². The van der Waals surface area contributed by atoms with Gasteiger partial charge in [-0.05, 0) is 163 Å². The number of nitrogens with one attached hydrogen (secondary N) is 3. The van der Waals surface area contributed by atoms with Crippen LogP contribution >= 0.6 is 11.6 Å². The second kappa shape index (κ2) is 49.9. The molecule has 2 unspecified atom stereocenters. The monoisotopic (exact) mass is 1400 g/mol. The highest BCUT2D eigenvalue weighted by Crippen LogP contribution is 2.38. The number of H-pyrrole nitrogens is 2. The number of nitrogens with zero attached hydrogens (tertiary/aromatic N) is 4. The van der Waals surface area contributed by atoms with Crippen molar-refractivity contribution in [3.05, 3.63) is 147 Å². The number of amides is 1. The van der Waals surface area contributed by atoms with Crippen LogP contribution in [0, 0.1) is 41.4 Å². The van der Waals surface area contributed by atoms with Gasteiger partial charge in [-0.3, -0.25) is 44.3 Å². The van der Waals surface area contributed by atoms with Crippen molar-refractivity contribution in [1.82, 2.24) is 20.2 Å². The number of carboxylic acid groups (broad SMARTS) is 1. The van der Waals surface area contributed by atoms with Crippen molar-refractivity contribution in [1.29, 1.82) is 0 Å². The third-order valence-corrected chi connectivity index (χ3v) is 19.0. The van der Waals surface area contributed by atoms with Crippen LogP contribution in [-0.2, 0) is 34.3 Å². The molecule has 8 rings (SSSR count). The summed E-state index contributed by atoms with van der Waals surface area (Å²) in [5.41, 5.74) is 0.507. The molecule has 6 atom stereocenters. The van der Waals surface area contributed by atoms with Crippen molar-refractivity contribution in [2.75, 3.05) is 65.3 Å². The number of para-hydroxylation sites is 1. The minimum atomic E-state index is -1.11. The number of unbranched alkanes of at least 4 members (excludes halogenated alkanes) is 2. The largest absolute Gasteiger partial charge is 0.481 e. The fourth-order valence-electron chi connectivity index (χ4n) is 13.0. The number of quaternary nitrogens is 2. The third kappa shape index (κ3) is 37.6. The van der Waals surface area contributed by atoms with Crippen molar-refractivity contribution >= 4 is 46.9 Å². The van der Waals surface area contributed by atoms with Crippen LogP contribution < -0.4 is 16.4 Å². The molecule has 4 fully saturated rings. The number of benzene rings is 2. The van der Waals surface area contributed by atoms with Crippen LogP contribution in [0.3, 0.4) is 0 Å². The summed E-state index contributed by atoms with van der Waals surface area (Å²) in [4.78, 5) is 85.0. The third-order valence-electron chi connectivity index (χ3n) is 18.8. The number of aromatic nitrogens is 4. The molecule has 2 aromatic carbocycles. The summed E-state index contributed by atoms with van der Waals surface area (Å²) in [5.74, 6) is 1.79. The molecule has 4 aromatic rings. The molecule has 1 amide bonds. The number of carbonyl (C=O) groups is 5. The van der Waals surface area contributed by atoms with Crippen molar-refractivity contribution in [3.63, 3.8) is 0 Å². The maximum Gasteiger partial charge on any atom is 0.411 e. The summed E-state index contributed by atoms with van der Waals surface area (Å²) in [7, 11) is 4.64. The molecular weight excluding hydrogens is 1270 g/mol. The van der Waals surface area contributed by atoms with E-state index in [0.29, 0.717) is 48.7 Å².